The molecule has 1 aliphatic heterocycles. The first-order chi connectivity index (χ1) is 15.9. The van der Waals surface area contributed by atoms with Crippen LogP contribution in [0, 0.1) is 6.92 Å². The van der Waals surface area contributed by atoms with Gasteiger partial charge >= 0.3 is 5.97 Å². The van der Waals surface area contributed by atoms with Crippen molar-refractivity contribution in [1.29, 1.82) is 0 Å². The van der Waals surface area contributed by atoms with E-state index in [0.29, 0.717) is 5.69 Å². The van der Waals surface area contributed by atoms with Crippen molar-refractivity contribution in [2.45, 2.75) is 19.9 Å². The van der Waals surface area contributed by atoms with Gasteiger partial charge in [-0.15, -0.1) is 0 Å². The number of benzene rings is 2. The molecule has 8 heteroatoms. The number of esters is 1. The third-order valence-corrected chi connectivity index (χ3v) is 6.09. The highest BCUT2D eigenvalue weighted by Gasteiger charge is 2.26. The van der Waals surface area contributed by atoms with Crippen LogP contribution in [0.1, 0.15) is 23.0 Å². The zero-order chi connectivity index (χ0) is 23.5. The summed E-state index contributed by atoms with van der Waals surface area (Å²) < 4.78 is 10.2. The fraction of sp³-hybridized carbons (Fsp3) is 0.360. The Morgan fingerprint density at radius 3 is 2.55 bits per heavy atom. The number of piperazine rings is 1. The Labute approximate surface area is 193 Å². The molecule has 33 heavy (non-hydrogen) atoms. The Morgan fingerprint density at radius 1 is 1.12 bits per heavy atom. The number of anilines is 2. The third-order valence-electron chi connectivity index (χ3n) is 6.09. The summed E-state index contributed by atoms with van der Waals surface area (Å²) in [4.78, 5) is 32.8. The molecule has 8 nitrogen and oxygen atoms in total. The van der Waals surface area contributed by atoms with E-state index >= 15 is 0 Å². The Balaban J connectivity index is 1.44. The first-order valence-electron chi connectivity index (χ1n) is 11.0. The van der Waals surface area contributed by atoms with Gasteiger partial charge in [0, 0.05) is 42.3 Å². The number of amides is 1. The van der Waals surface area contributed by atoms with Crippen molar-refractivity contribution in [3.8, 4) is 5.75 Å². The van der Waals surface area contributed by atoms with Crippen LogP contribution in [0.4, 0.5) is 11.4 Å². The van der Waals surface area contributed by atoms with Crippen molar-refractivity contribution in [1.82, 2.24) is 9.88 Å². The Hall–Kier alpha value is -3.52. The second-order valence-electron chi connectivity index (χ2n) is 8.44. The molecular formula is C25H30N4O4. The molecule has 0 unspecified atom stereocenters. The number of aryl methyl sites for hydroxylation is 1. The quantitative estimate of drug-likeness (QED) is 0.560. The summed E-state index contributed by atoms with van der Waals surface area (Å²) in [5.74, 6) is 0.161. The van der Waals surface area contributed by atoms with Gasteiger partial charge in [-0.3, -0.25) is 9.69 Å². The maximum atomic E-state index is 13.0. The van der Waals surface area contributed by atoms with Gasteiger partial charge in [-0.2, -0.15) is 0 Å². The highest BCUT2D eigenvalue weighted by atomic mass is 16.5. The van der Waals surface area contributed by atoms with Crippen LogP contribution in [0.5, 0.6) is 5.75 Å². The predicted octanol–water partition coefficient (Wildman–Crippen LogP) is 3.42. The minimum Gasteiger partial charge on any atom is -0.497 e. The minimum atomic E-state index is -0.513. The lowest BCUT2D eigenvalue weighted by molar-refractivity contribution is -0.117. The standard InChI is InChI=1S/C25H30N4O4/c1-16-5-10-21-20(13-16)23(24(26-21)25(31)33-4)27-22(30)15-28-11-12-29(17(2)14-28)18-6-8-19(32-3)9-7-18/h5-10,13,17,26H,11-12,14-15H2,1-4H3,(H,27,30)/t17-/m0/s1. The summed E-state index contributed by atoms with van der Waals surface area (Å²) in [5.41, 5.74) is 3.68. The molecule has 1 saturated heterocycles. The number of aromatic nitrogens is 1. The highest BCUT2D eigenvalue weighted by molar-refractivity contribution is 6.11. The lowest BCUT2D eigenvalue weighted by Crippen LogP contribution is -2.53. The first-order valence-corrected chi connectivity index (χ1v) is 11.0. The van der Waals surface area contributed by atoms with Gasteiger partial charge in [0.15, 0.2) is 0 Å². The van der Waals surface area contributed by atoms with Crippen molar-refractivity contribution >= 4 is 34.2 Å². The Bertz CT molecular complexity index is 1160. The maximum absolute atomic E-state index is 13.0. The van der Waals surface area contributed by atoms with Gasteiger partial charge in [0.2, 0.25) is 5.91 Å². The molecule has 2 aromatic carbocycles. The van der Waals surface area contributed by atoms with Crippen LogP contribution in [0.15, 0.2) is 42.5 Å². The summed E-state index contributed by atoms with van der Waals surface area (Å²) in [5, 5.41) is 3.75. The van der Waals surface area contributed by atoms with Crippen LogP contribution >= 0.6 is 0 Å². The number of hydrogen-bond acceptors (Lipinski definition) is 6. The van der Waals surface area contributed by atoms with E-state index in [1.807, 2.05) is 37.3 Å². The van der Waals surface area contributed by atoms with Gasteiger partial charge in [0.1, 0.15) is 11.4 Å². The van der Waals surface area contributed by atoms with Gasteiger partial charge in [0.05, 0.1) is 26.5 Å². The number of fused-ring (bicyclic) bond motifs is 1. The maximum Gasteiger partial charge on any atom is 0.356 e. The topological polar surface area (TPSA) is 86.9 Å². The zero-order valence-corrected chi connectivity index (χ0v) is 19.5. The second-order valence-corrected chi connectivity index (χ2v) is 8.44. The lowest BCUT2D eigenvalue weighted by Gasteiger charge is -2.41. The van der Waals surface area contributed by atoms with Crippen LogP contribution < -0.4 is 15.0 Å². The molecule has 0 aliphatic carbocycles. The van der Waals surface area contributed by atoms with Crippen molar-refractivity contribution in [2.75, 3.05) is 50.6 Å². The van der Waals surface area contributed by atoms with Gasteiger partial charge in [0.25, 0.3) is 0 Å². The average molecular weight is 451 g/mol. The van der Waals surface area contributed by atoms with Crippen molar-refractivity contribution in [3.63, 3.8) is 0 Å². The lowest BCUT2D eigenvalue weighted by atomic mass is 10.1. The summed E-state index contributed by atoms with van der Waals surface area (Å²) in [6.45, 7) is 6.73. The number of hydrogen-bond donors (Lipinski definition) is 2. The highest BCUT2D eigenvalue weighted by Crippen LogP contribution is 2.29. The van der Waals surface area contributed by atoms with E-state index < -0.39 is 5.97 Å². The fourth-order valence-electron chi connectivity index (χ4n) is 4.41. The number of methoxy groups -OCH3 is 2. The molecular weight excluding hydrogens is 420 g/mol. The van der Waals surface area contributed by atoms with E-state index in [9.17, 15) is 9.59 Å². The second kappa shape index (κ2) is 9.54. The van der Waals surface area contributed by atoms with Crippen LogP contribution in [0.2, 0.25) is 0 Å². The Kier molecular flexibility index (Phi) is 6.55. The molecule has 0 bridgehead atoms. The van der Waals surface area contributed by atoms with E-state index in [2.05, 4.69) is 39.2 Å². The van der Waals surface area contributed by atoms with Crippen molar-refractivity contribution in [2.24, 2.45) is 0 Å². The summed E-state index contributed by atoms with van der Waals surface area (Å²) in [7, 11) is 2.99. The number of nitrogens with one attached hydrogen (secondary N) is 2. The monoisotopic (exact) mass is 450 g/mol. The van der Waals surface area contributed by atoms with Crippen molar-refractivity contribution < 1.29 is 19.1 Å². The first kappa shape index (κ1) is 22.7. The smallest absolute Gasteiger partial charge is 0.356 e. The molecule has 3 aromatic rings. The summed E-state index contributed by atoms with van der Waals surface area (Å²) in [6.07, 6.45) is 0. The average Bonchev–Trinajstić information content (AvgIpc) is 3.16. The van der Waals surface area contributed by atoms with Gasteiger partial charge < -0.3 is 24.7 Å². The molecule has 1 amide bonds. The number of ether oxygens (including phenoxy) is 2. The number of nitrogens with zero attached hydrogens (tertiary/aromatic N) is 2. The van der Waals surface area contributed by atoms with E-state index in [4.69, 9.17) is 9.47 Å². The molecule has 2 heterocycles. The number of aromatic amines is 1. The summed E-state index contributed by atoms with van der Waals surface area (Å²) >= 11 is 0. The molecule has 4 rings (SSSR count). The normalized spacial score (nSPS) is 16.6. The van der Waals surface area contributed by atoms with Crippen LogP contribution in [-0.2, 0) is 9.53 Å². The van der Waals surface area contributed by atoms with Gasteiger partial charge in [-0.05, 0) is 50.2 Å². The van der Waals surface area contributed by atoms with E-state index in [0.717, 1.165) is 47.5 Å². The van der Waals surface area contributed by atoms with Crippen LogP contribution in [-0.4, -0.2) is 68.2 Å². The number of H-pyrrole nitrogens is 1. The number of carbonyl (C=O) groups excluding carboxylic acids is 2. The molecule has 1 fully saturated rings. The number of rotatable bonds is 6. The third kappa shape index (κ3) is 4.80. The fourth-order valence-corrected chi connectivity index (χ4v) is 4.41. The Morgan fingerprint density at radius 2 is 1.88 bits per heavy atom. The molecule has 0 spiro atoms. The van der Waals surface area contributed by atoms with Crippen LogP contribution in [0.25, 0.3) is 10.9 Å². The van der Waals surface area contributed by atoms with Gasteiger partial charge in [-0.1, -0.05) is 11.6 Å². The van der Waals surface area contributed by atoms with E-state index in [-0.39, 0.29) is 24.2 Å². The van der Waals surface area contributed by atoms with E-state index in [1.54, 1.807) is 7.11 Å². The van der Waals surface area contributed by atoms with Gasteiger partial charge in [-0.25, -0.2) is 4.79 Å². The van der Waals surface area contributed by atoms with Crippen molar-refractivity contribution in [3.05, 3.63) is 53.7 Å². The molecule has 1 aromatic heterocycles. The van der Waals surface area contributed by atoms with Crippen LogP contribution in [0.3, 0.4) is 0 Å². The molecule has 0 saturated carbocycles. The molecule has 1 atom stereocenters. The summed E-state index contributed by atoms with van der Waals surface area (Å²) in [6, 6.07) is 14.1. The molecule has 174 valence electrons. The zero-order valence-electron chi connectivity index (χ0n) is 19.5. The van der Waals surface area contributed by atoms with E-state index in [1.165, 1.54) is 7.11 Å². The minimum absolute atomic E-state index is 0.160. The number of carbonyl (C=O) groups is 2. The SMILES string of the molecule is COC(=O)c1[nH]c2ccc(C)cc2c1NC(=O)CN1CCN(c2ccc(OC)cc2)[C@@H](C)C1. The predicted molar refractivity (Wildman–Crippen MR) is 129 cm³/mol. The molecule has 0 radical (unpaired) electrons. The largest absolute Gasteiger partial charge is 0.497 e. The molecule has 1 aliphatic rings. The molecule has 2 N–H and O–H groups in total.